The van der Waals surface area contributed by atoms with E-state index in [0.717, 1.165) is 0 Å². The third-order valence-electron chi connectivity index (χ3n) is 5.16. The van der Waals surface area contributed by atoms with Gasteiger partial charge in [-0.15, -0.1) is 0 Å². The third kappa shape index (κ3) is 4.24. The molecule has 9 nitrogen and oxygen atoms in total. The Hall–Kier alpha value is -3.60. The molecule has 0 saturated carbocycles. The van der Waals surface area contributed by atoms with Crippen molar-refractivity contribution in [2.45, 2.75) is 18.2 Å². The van der Waals surface area contributed by atoms with Gasteiger partial charge in [0.1, 0.15) is 16.6 Å². The first kappa shape index (κ1) is 21.6. The Morgan fingerprint density at radius 2 is 2.00 bits per heavy atom. The second-order valence-corrected chi connectivity index (χ2v) is 9.62. The summed E-state index contributed by atoms with van der Waals surface area (Å²) in [5.41, 5.74) is 0.189. The third-order valence-corrected chi connectivity index (χ3v) is 7.19. The Balaban J connectivity index is 1.77. The molecule has 4 rings (SSSR count). The summed E-state index contributed by atoms with van der Waals surface area (Å²) in [6.07, 6.45) is 1.03. The van der Waals surface area contributed by atoms with E-state index in [-0.39, 0.29) is 41.9 Å². The van der Waals surface area contributed by atoms with Gasteiger partial charge in [0.15, 0.2) is 21.3 Å². The summed E-state index contributed by atoms with van der Waals surface area (Å²) in [7, 11) is -3.77. The van der Waals surface area contributed by atoms with Crippen LogP contribution >= 0.6 is 0 Å². The van der Waals surface area contributed by atoms with Crippen molar-refractivity contribution in [1.82, 2.24) is 20.6 Å². The molecule has 1 atom stereocenters. The summed E-state index contributed by atoms with van der Waals surface area (Å²) in [5.74, 6) is -2.42. The molecule has 0 spiro atoms. The average Bonchev–Trinajstić information content (AvgIpc) is 2.90. The van der Waals surface area contributed by atoms with E-state index in [2.05, 4.69) is 20.6 Å². The number of nitrogens with zero attached hydrogens (tertiary/aromatic N) is 2. The molecule has 0 bridgehead atoms. The van der Waals surface area contributed by atoms with Crippen molar-refractivity contribution in [1.29, 1.82) is 0 Å². The Morgan fingerprint density at radius 3 is 2.75 bits per heavy atom. The van der Waals surface area contributed by atoms with Gasteiger partial charge < -0.3 is 15.7 Å². The van der Waals surface area contributed by atoms with Gasteiger partial charge in [-0.2, -0.15) is 0 Å². The Morgan fingerprint density at radius 1 is 1.25 bits per heavy atom. The molecule has 1 aliphatic heterocycles. The van der Waals surface area contributed by atoms with Gasteiger partial charge in [0.05, 0.1) is 11.4 Å². The molecule has 1 unspecified atom stereocenters. The zero-order valence-corrected chi connectivity index (χ0v) is 17.5. The highest BCUT2D eigenvalue weighted by atomic mass is 32.2. The van der Waals surface area contributed by atoms with Crippen LogP contribution in [0.15, 0.2) is 42.6 Å². The number of carbonyl (C=O) groups is 2. The van der Waals surface area contributed by atoms with Gasteiger partial charge in [-0.1, -0.05) is 12.1 Å². The lowest BCUT2D eigenvalue weighted by molar-refractivity contribution is -0.120. The number of rotatable bonds is 4. The maximum absolute atomic E-state index is 13.1. The minimum atomic E-state index is -3.77. The maximum Gasteiger partial charge on any atom is 0.274 e. The second-order valence-electron chi connectivity index (χ2n) is 7.31. The lowest BCUT2D eigenvalue weighted by Gasteiger charge is -2.17. The maximum atomic E-state index is 13.1. The van der Waals surface area contributed by atoms with Crippen LogP contribution in [0.5, 0.6) is 5.75 Å². The van der Waals surface area contributed by atoms with Gasteiger partial charge in [0, 0.05) is 31.1 Å². The summed E-state index contributed by atoms with van der Waals surface area (Å²) in [6, 6.07) is 8.56. The lowest BCUT2D eigenvalue weighted by atomic mass is 10.1. The smallest absolute Gasteiger partial charge is 0.274 e. The molecule has 1 fully saturated rings. The fourth-order valence-corrected chi connectivity index (χ4v) is 5.12. The molecule has 1 aromatic carbocycles. The first-order chi connectivity index (χ1) is 15.3. The predicted molar refractivity (Wildman–Crippen MR) is 113 cm³/mol. The molecule has 1 saturated heterocycles. The Kier molecular flexibility index (Phi) is 5.74. The standard InChI is InChI=1S/C21H19FN4O5S/c22-13-5-3-12(4-6-13)11-25-21(29)19-20(28)18-14(2-1-7-24-18)17(26-19)15-10-16(27)23-8-9-32(15,30)31/h1-7,15,28H,8-11H2,(H,23,27)(H,25,29). The number of aromatic hydroxyl groups is 1. The van der Waals surface area contributed by atoms with Crippen LogP contribution in [0.25, 0.3) is 10.9 Å². The number of hydrogen-bond donors (Lipinski definition) is 3. The number of halogens is 1. The Bertz CT molecular complexity index is 1310. The summed E-state index contributed by atoms with van der Waals surface area (Å²) in [5, 5.41) is 14.7. The molecule has 166 valence electrons. The van der Waals surface area contributed by atoms with Gasteiger partial charge in [-0.3, -0.25) is 14.6 Å². The molecular formula is C21H19FN4O5S. The van der Waals surface area contributed by atoms with Crippen LogP contribution in [0.4, 0.5) is 4.39 Å². The minimum Gasteiger partial charge on any atom is -0.504 e. The summed E-state index contributed by atoms with van der Waals surface area (Å²) in [6.45, 7) is 0.0108. The molecule has 0 radical (unpaired) electrons. The number of fused-ring (bicyclic) bond motifs is 1. The normalized spacial score (nSPS) is 18.0. The SMILES string of the molecule is O=C1CC(c2nc(C(=O)NCc3ccc(F)cc3)c(O)c3ncccc23)S(=O)(=O)CCN1. The second kappa shape index (κ2) is 8.50. The largest absolute Gasteiger partial charge is 0.504 e. The first-order valence-corrected chi connectivity index (χ1v) is 11.5. The van der Waals surface area contributed by atoms with E-state index in [1.54, 1.807) is 6.07 Å². The predicted octanol–water partition coefficient (Wildman–Crippen LogP) is 1.38. The van der Waals surface area contributed by atoms with Crippen LogP contribution in [0.1, 0.15) is 33.4 Å². The highest BCUT2D eigenvalue weighted by Crippen LogP contribution is 2.36. The zero-order valence-electron chi connectivity index (χ0n) is 16.7. The molecule has 3 N–H and O–H groups in total. The van der Waals surface area contributed by atoms with Crippen molar-refractivity contribution in [3.63, 3.8) is 0 Å². The minimum absolute atomic E-state index is 0.00397. The van der Waals surface area contributed by atoms with Crippen molar-refractivity contribution < 1.29 is 27.5 Å². The zero-order chi connectivity index (χ0) is 22.9. The van der Waals surface area contributed by atoms with Crippen LogP contribution in [-0.4, -0.2) is 47.6 Å². The van der Waals surface area contributed by atoms with Crippen molar-refractivity contribution in [2.24, 2.45) is 0 Å². The van der Waals surface area contributed by atoms with Crippen LogP contribution in [0.2, 0.25) is 0 Å². The van der Waals surface area contributed by atoms with Gasteiger partial charge >= 0.3 is 0 Å². The fraction of sp³-hybridized carbons (Fsp3) is 0.238. The van der Waals surface area contributed by atoms with Crippen LogP contribution in [0.3, 0.4) is 0 Å². The number of pyridine rings is 2. The van der Waals surface area contributed by atoms with Crippen molar-refractivity contribution in [3.05, 3.63) is 65.4 Å². The molecule has 2 amide bonds. The van der Waals surface area contributed by atoms with E-state index in [1.165, 1.54) is 36.5 Å². The van der Waals surface area contributed by atoms with E-state index < -0.39 is 44.2 Å². The van der Waals surface area contributed by atoms with Gasteiger partial charge in [-0.25, -0.2) is 17.8 Å². The number of amides is 2. The molecule has 32 heavy (non-hydrogen) atoms. The number of sulfone groups is 1. The monoisotopic (exact) mass is 458 g/mol. The number of nitrogens with one attached hydrogen (secondary N) is 2. The topological polar surface area (TPSA) is 138 Å². The summed E-state index contributed by atoms with van der Waals surface area (Å²) < 4.78 is 38.8. The van der Waals surface area contributed by atoms with E-state index >= 15 is 0 Å². The summed E-state index contributed by atoms with van der Waals surface area (Å²) in [4.78, 5) is 33.2. The van der Waals surface area contributed by atoms with E-state index in [1.807, 2.05) is 0 Å². The summed E-state index contributed by atoms with van der Waals surface area (Å²) >= 11 is 0. The van der Waals surface area contributed by atoms with Crippen LogP contribution in [0, 0.1) is 5.82 Å². The number of carbonyl (C=O) groups excluding carboxylic acids is 2. The quantitative estimate of drug-likeness (QED) is 0.537. The van der Waals surface area contributed by atoms with Crippen molar-refractivity contribution in [3.8, 4) is 5.75 Å². The average molecular weight is 458 g/mol. The van der Waals surface area contributed by atoms with E-state index in [4.69, 9.17) is 0 Å². The first-order valence-electron chi connectivity index (χ1n) is 9.75. The molecule has 3 aromatic rings. The van der Waals surface area contributed by atoms with Crippen LogP contribution < -0.4 is 10.6 Å². The molecular weight excluding hydrogens is 439 g/mol. The van der Waals surface area contributed by atoms with Crippen molar-refractivity contribution >= 4 is 32.6 Å². The number of hydrogen-bond acceptors (Lipinski definition) is 7. The lowest BCUT2D eigenvalue weighted by Crippen LogP contribution is -2.26. The van der Waals surface area contributed by atoms with Gasteiger partial charge in [0.2, 0.25) is 5.91 Å². The highest BCUT2D eigenvalue weighted by Gasteiger charge is 2.36. The van der Waals surface area contributed by atoms with Crippen molar-refractivity contribution in [2.75, 3.05) is 12.3 Å². The van der Waals surface area contributed by atoms with Crippen LogP contribution in [-0.2, 0) is 21.2 Å². The molecule has 3 heterocycles. The highest BCUT2D eigenvalue weighted by molar-refractivity contribution is 7.91. The number of aromatic nitrogens is 2. The Labute approximate surface area is 182 Å². The molecule has 1 aliphatic rings. The van der Waals surface area contributed by atoms with E-state index in [0.29, 0.717) is 5.56 Å². The molecule has 2 aromatic heterocycles. The van der Waals surface area contributed by atoms with E-state index in [9.17, 15) is 27.5 Å². The number of benzene rings is 1. The van der Waals surface area contributed by atoms with Gasteiger partial charge in [0.25, 0.3) is 5.91 Å². The van der Waals surface area contributed by atoms with Gasteiger partial charge in [-0.05, 0) is 29.8 Å². The molecule has 11 heteroatoms. The molecule has 0 aliphatic carbocycles. The fourth-order valence-electron chi connectivity index (χ4n) is 3.53.